The van der Waals surface area contributed by atoms with E-state index in [1.54, 1.807) is 0 Å². The van der Waals surface area contributed by atoms with E-state index >= 15 is 0 Å². The Morgan fingerprint density at radius 2 is 0.536 bits per heavy atom. The lowest BCUT2D eigenvalue weighted by Crippen LogP contribution is -2.01. The lowest BCUT2D eigenvalue weighted by molar-refractivity contribution is 0.668. The lowest BCUT2D eigenvalue weighted by Gasteiger charge is -2.14. The number of hydrogen-bond acceptors (Lipinski definition) is 10. The van der Waals surface area contributed by atoms with Crippen LogP contribution in [-0.2, 0) is 0 Å². The molecule has 138 heavy (non-hydrogen) atoms. The molecule has 0 saturated carbocycles. The van der Waals surface area contributed by atoms with Gasteiger partial charge in [0, 0.05) is 98.3 Å². The Balaban J connectivity index is 0.596. The first-order valence-electron chi connectivity index (χ1n) is 46.6. The standard InChI is InChI=1S/C126H70N8O4/c1-3-21-71(22-4-1)73-39-43-76(44-40-73)121-127-123(83-51-57-113-99(64-83)92-30-13-17-35-109(92)135-113)131-125(129-121)103-63-82-49-53-88(69-98(82)118-96-34-16-20-38-112(96)138-120(103)118)133-105-56-50-75-25-9-10-28-89(75)115(105)101-62-80-47-48-81(59-85(80)68-107(101)133)97-70-108-116(94-32-12-11-29-91(94)97)102-61-78-26-7-8-27-79(78)67-106(102)134(108)87-54-55-90-86(60-87)66-104(119-117(90)95-33-15-19-37-111(95)137-119)126-130-122(77-45-41-74(42-46-77)72-23-5-2-6-24-72)128-124(132-126)84-52-58-114-100(65-84)93-31-14-18-36-110(93)136-114/h1-70H. The topological polar surface area (TPSA) is 140 Å². The molecule has 0 aliphatic heterocycles. The second-order valence-corrected chi connectivity index (χ2v) is 36.2. The van der Waals surface area contributed by atoms with E-state index in [-0.39, 0.29) is 0 Å². The lowest BCUT2D eigenvalue weighted by atomic mass is 9.93. The monoisotopic (exact) mass is 1760 g/mol. The van der Waals surface area contributed by atoms with E-state index in [4.69, 9.17) is 47.6 Å². The fourth-order valence-corrected chi connectivity index (χ4v) is 22.0. The van der Waals surface area contributed by atoms with Crippen molar-refractivity contribution in [1.29, 1.82) is 0 Å². The maximum Gasteiger partial charge on any atom is 0.167 e. The van der Waals surface area contributed by atoms with Crippen molar-refractivity contribution < 1.29 is 17.7 Å². The molecular weight excluding hydrogens is 1690 g/mol. The van der Waals surface area contributed by atoms with Crippen molar-refractivity contribution in [2.24, 2.45) is 0 Å². The first kappa shape index (κ1) is 75.8. The minimum Gasteiger partial charge on any atom is -0.456 e. The van der Waals surface area contributed by atoms with Gasteiger partial charge in [-0.15, -0.1) is 0 Å². The van der Waals surface area contributed by atoms with Crippen LogP contribution in [0.15, 0.2) is 442 Å². The van der Waals surface area contributed by atoms with Gasteiger partial charge in [0.2, 0.25) is 0 Å². The van der Waals surface area contributed by atoms with Crippen molar-refractivity contribution in [2.75, 3.05) is 0 Å². The molecule has 12 heteroatoms. The predicted octanol–water partition coefficient (Wildman–Crippen LogP) is 33.8. The summed E-state index contributed by atoms with van der Waals surface area (Å²) in [5, 5.41) is 25.9. The molecule has 0 aliphatic carbocycles. The SMILES string of the molecule is c1ccc(-c2ccc(-c3nc(-c4ccc5oc6ccccc6c5c4)nc(-c4cc5cc(-n6c7cc8ccccc8cc7c7c8ccccc8c(-c8ccc9cc%10c%11c%12ccccc%12ccc%11n(-c%11ccc%12cc(-c%13nc(-c%14ccc(-c%15ccccc%15)cc%14)nc(-c%14ccc%15oc%16ccccc%16c%15c%14)n%13)c%13oc%14ccccc%14c%13c%12c%11)c%10cc9c8)cc76)ccc5c5c4oc4ccccc45)n3)cc2)cc1. The largest absolute Gasteiger partial charge is 0.456 e. The fourth-order valence-electron chi connectivity index (χ4n) is 22.0. The van der Waals surface area contributed by atoms with Crippen molar-refractivity contribution in [3.05, 3.63) is 425 Å². The van der Waals surface area contributed by atoms with E-state index in [0.29, 0.717) is 46.1 Å². The van der Waals surface area contributed by atoms with E-state index in [1.165, 1.54) is 26.9 Å². The maximum atomic E-state index is 7.20. The van der Waals surface area contributed by atoms with Gasteiger partial charge in [-0.05, 0) is 238 Å². The van der Waals surface area contributed by atoms with E-state index < -0.39 is 0 Å². The number of furan rings is 4. The Kier molecular flexibility index (Phi) is 16.1. The summed E-state index contributed by atoms with van der Waals surface area (Å²) in [5.41, 5.74) is 24.0. The third-order valence-corrected chi connectivity index (χ3v) is 28.5. The number of rotatable bonds is 11. The average Bonchev–Trinajstić information content (AvgIpc) is 1.54. The zero-order valence-electron chi connectivity index (χ0n) is 73.6. The second-order valence-electron chi connectivity index (χ2n) is 36.2. The normalized spacial score (nSPS) is 12.2. The highest BCUT2D eigenvalue weighted by Gasteiger charge is 2.29. The van der Waals surface area contributed by atoms with Crippen LogP contribution >= 0.6 is 0 Å². The van der Waals surface area contributed by atoms with Crippen molar-refractivity contribution in [1.82, 2.24) is 39.0 Å². The third kappa shape index (κ3) is 11.7. The van der Waals surface area contributed by atoms with Crippen molar-refractivity contribution in [2.45, 2.75) is 0 Å². The van der Waals surface area contributed by atoms with Gasteiger partial charge in [0.1, 0.15) is 44.7 Å². The van der Waals surface area contributed by atoms with E-state index in [1.807, 2.05) is 84.9 Å². The van der Waals surface area contributed by atoms with Crippen LogP contribution in [0.5, 0.6) is 0 Å². The average molecular weight is 1760 g/mol. The first-order chi connectivity index (χ1) is 68.3. The summed E-state index contributed by atoms with van der Waals surface area (Å²) in [6.45, 7) is 0. The van der Waals surface area contributed by atoms with Gasteiger partial charge >= 0.3 is 0 Å². The molecule has 0 amide bonds. The molecule has 22 aromatic carbocycles. The van der Waals surface area contributed by atoms with Crippen LogP contribution in [0.2, 0.25) is 0 Å². The molecule has 0 N–H and O–H groups in total. The zero-order chi connectivity index (χ0) is 90.1. The smallest absolute Gasteiger partial charge is 0.167 e. The summed E-state index contributed by atoms with van der Waals surface area (Å²) in [5.74, 6) is 3.09. The van der Waals surface area contributed by atoms with Gasteiger partial charge in [0.25, 0.3) is 0 Å². The van der Waals surface area contributed by atoms with Crippen molar-refractivity contribution in [3.8, 4) is 113 Å². The summed E-state index contributed by atoms with van der Waals surface area (Å²) < 4.78 is 32.0. The van der Waals surface area contributed by atoms with Crippen LogP contribution in [0.3, 0.4) is 0 Å². The Labute approximate surface area is 785 Å². The minimum atomic E-state index is 0.481. The zero-order valence-corrected chi connectivity index (χ0v) is 73.6. The Morgan fingerprint density at radius 1 is 0.152 bits per heavy atom. The maximum absolute atomic E-state index is 7.20. The number of aromatic nitrogens is 8. The molecule has 638 valence electrons. The molecule has 8 aromatic heterocycles. The Bertz CT molecular complexity index is 10500. The van der Waals surface area contributed by atoms with Gasteiger partial charge in [-0.25, -0.2) is 29.9 Å². The number of hydrogen-bond donors (Lipinski definition) is 0. The quantitative estimate of drug-likeness (QED) is 0.123. The summed E-state index contributed by atoms with van der Waals surface area (Å²) in [6.07, 6.45) is 0. The van der Waals surface area contributed by atoms with Crippen LogP contribution in [0.1, 0.15) is 0 Å². The summed E-state index contributed by atoms with van der Waals surface area (Å²) in [7, 11) is 0. The molecule has 0 radical (unpaired) electrons. The second kappa shape index (κ2) is 29.4. The van der Waals surface area contributed by atoms with Gasteiger partial charge in [-0.1, -0.05) is 285 Å². The summed E-state index contributed by atoms with van der Waals surface area (Å²) in [6, 6.07) is 152. The summed E-state index contributed by atoms with van der Waals surface area (Å²) >= 11 is 0. The molecule has 30 aromatic rings. The van der Waals surface area contributed by atoms with Gasteiger partial charge < -0.3 is 26.8 Å². The Hall–Kier alpha value is -18.8. The van der Waals surface area contributed by atoms with Gasteiger partial charge in [0.05, 0.1) is 33.2 Å². The van der Waals surface area contributed by atoms with E-state index in [9.17, 15) is 0 Å². The predicted molar refractivity (Wildman–Crippen MR) is 565 cm³/mol. The number of benzene rings is 22. The van der Waals surface area contributed by atoms with Gasteiger partial charge in [-0.3, -0.25) is 0 Å². The molecule has 0 aliphatic rings. The minimum absolute atomic E-state index is 0.481. The third-order valence-electron chi connectivity index (χ3n) is 28.5. The first-order valence-corrected chi connectivity index (χ1v) is 46.6. The molecule has 30 rings (SSSR count). The molecule has 0 atom stereocenters. The summed E-state index contributed by atoms with van der Waals surface area (Å²) in [4.78, 5) is 32.6. The highest BCUT2D eigenvalue weighted by atomic mass is 16.3. The van der Waals surface area contributed by atoms with Crippen LogP contribution in [-0.4, -0.2) is 39.0 Å². The highest BCUT2D eigenvalue weighted by Crippen LogP contribution is 2.50. The Morgan fingerprint density at radius 3 is 1.12 bits per heavy atom. The number of nitrogens with zero attached hydrogens (tertiary/aromatic N) is 8. The molecule has 0 bridgehead atoms. The van der Waals surface area contributed by atoms with E-state index in [2.05, 4.69) is 349 Å². The van der Waals surface area contributed by atoms with Gasteiger partial charge in [-0.2, -0.15) is 0 Å². The van der Waals surface area contributed by atoms with Crippen molar-refractivity contribution in [3.63, 3.8) is 0 Å². The molecule has 0 spiro atoms. The number of para-hydroxylation sites is 4. The molecule has 8 heterocycles. The molecule has 0 fully saturated rings. The molecule has 0 unspecified atom stereocenters. The van der Waals surface area contributed by atoms with Crippen LogP contribution in [0.4, 0.5) is 0 Å². The van der Waals surface area contributed by atoms with Crippen LogP contribution < -0.4 is 0 Å². The van der Waals surface area contributed by atoms with E-state index in [0.717, 1.165) is 236 Å². The highest BCUT2D eigenvalue weighted by molar-refractivity contribution is 6.29. The van der Waals surface area contributed by atoms with Crippen molar-refractivity contribution >= 4 is 196 Å². The fraction of sp³-hybridized carbons (Fsp3) is 0. The van der Waals surface area contributed by atoms with Crippen LogP contribution in [0, 0.1) is 0 Å². The molecule has 0 saturated heterocycles. The number of fused-ring (bicyclic) bond motifs is 28. The molecule has 12 nitrogen and oxygen atoms in total. The van der Waals surface area contributed by atoms with Gasteiger partial charge in [0.15, 0.2) is 34.9 Å². The van der Waals surface area contributed by atoms with Crippen LogP contribution in [0.25, 0.3) is 309 Å². The molecular formula is C126H70N8O4.